The molecule has 0 heterocycles. The van der Waals surface area contributed by atoms with Crippen molar-refractivity contribution in [2.75, 3.05) is 19.0 Å². The van der Waals surface area contributed by atoms with Crippen molar-refractivity contribution in [2.45, 2.75) is 31.8 Å². The summed E-state index contributed by atoms with van der Waals surface area (Å²) >= 11 is 0. The molecule has 1 saturated carbocycles. The van der Waals surface area contributed by atoms with Crippen LogP contribution in [0, 0.1) is 21.8 Å². The van der Waals surface area contributed by atoms with Gasteiger partial charge in [0.15, 0.2) is 0 Å². The molecular weight excluding hydrogens is 279 g/mol. The van der Waals surface area contributed by atoms with E-state index in [0.29, 0.717) is 13.0 Å². The zero-order chi connectivity index (χ0) is 15.4. The van der Waals surface area contributed by atoms with E-state index in [2.05, 4.69) is 5.32 Å². The minimum Gasteiger partial charge on any atom is -0.497 e. The van der Waals surface area contributed by atoms with Gasteiger partial charge < -0.3 is 15.2 Å². The number of nitro groups is 1. The number of hydrogen-bond donors (Lipinski definition) is 2. The second-order valence-corrected chi connectivity index (χ2v) is 5.33. The van der Waals surface area contributed by atoms with Crippen molar-refractivity contribution in [3.63, 3.8) is 0 Å². The van der Waals surface area contributed by atoms with Gasteiger partial charge in [-0.05, 0) is 25.2 Å². The number of aliphatic hydroxyl groups is 1. The van der Waals surface area contributed by atoms with Gasteiger partial charge >= 0.3 is 5.69 Å². The molecule has 7 heteroatoms. The number of aliphatic hydroxyl groups excluding tert-OH is 1. The van der Waals surface area contributed by atoms with Gasteiger partial charge in [-0.1, -0.05) is 6.42 Å². The standard InChI is InChI=1S/C14H19FN2O4/c1-21-11-6-12(15)14(17(19)20)13(7-11)16-8-9-3-2-4-10(18)5-9/h6-7,9-10,16,18H,2-5,8H2,1H3. The Labute approximate surface area is 122 Å². The third-order valence-corrected chi connectivity index (χ3v) is 3.79. The lowest BCUT2D eigenvalue weighted by atomic mass is 9.87. The number of ether oxygens (including phenoxy) is 1. The number of benzene rings is 1. The summed E-state index contributed by atoms with van der Waals surface area (Å²) in [7, 11) is 1.38. The van der Waals surface area contributed by atoms with E-state index in [9.17, 15) is 19.6 Å². The molecule has 1 aromatic rings. The number of hydrogen-bond acceptors (Lipinski definition) is 5. The number of nitrogens with one attached hydrogen (secondary N) is 1. The number of nitro benzene ring substituents is 1. The van der Waals surface area contributed by atoms with Crippen LogP contribution in [0.3, 0.4) is 0 Å². The first-order valence-electron chi connectivity index (χ1n) is 6.95. The minimum absolute atomic E-state index is 0.108. The Kier molecular flexibility index (Phi) is 4.95. The summed E-state index contributed by atoms with van der Waals surface area (Å²) in [6, 6.07) is 2.41. The molecule has 2 unspecified atom stereocenters. The number of rotatable bonds is 5. The van der Waals surface area contributed by atoms with Gasteiger partial charge in [-0.2, -0.15) is 4.39 Å². The van der Waals surface area contributed by atoms with E-state index in [0.717, 1.165) is 25.3 Å². The summed E-state index contributed by atoms with van der Waals surface area (Å²) in [5.74, 6) is -0.475. The van der Waals surface area contributed by atoms with Crippen LogP contribution in [0.5, 0.6) is 5.75 Å². The normalized spacial score (nSPS) is 21.9. The molecule has 0 spiro atoms. The Morgan fingerprint density at radius 3 is 2.90 bits per heavy atom. The Balaban J connectivity index is 2.14. The number of methoxy groups -OCH3 is 1. The fraction of sp³-hybridized carbons (Fsp3) is 0.571. The molecule has 116 valence electrons. The van der Waals surface area contributed by atoms with Crippen LogP contribution in [-0.2, 0) is 0 Å². The summed E-state index contributed by atoms with van der Waals surface area (Å²) in [5.41, 5.74) is -0.468. The molecule has 0 aliphatic heterocycles. The van der Waals surface area contributed by atoms with Crippen molar-refractivity contribution in [1.82, 2.24) is 0 Å². The highest BCUT2D eigenvalue weighted by molar-refractivity contribution is 5.65. The Bertz CT molecular complexity index is 524. The van der Waals surface area contributed by atoms with Crippen LogP contribution in [0.15, 0.2) is 12.1 Å². The first-order chi connectivity index (χ1) is 10.0. The highest BCUT2D eigenvalue weighted by atomic mass is 19.1. The summed E-state index contributed by atoms with van der Waals surface area (Å²) in [6.07, 6.45) is 3.02. The largest absolute Gasteiger partial charge is 0.497 e. The predicted molar refractivity (Wildman–Crippen MR) is 76.1 cm³/mol. The van der Waals surface area contributed by atoms with Crippen molar-refractivity contribution in [3.8, 4) is 5.75 Å². The SMILES string of the molecule is COc1cc(F)c([N+](=O)[O-])c(NCC2CCCC(O)C2)c1. The van der Waals surface area contributed by atoms with E-state index < -0.39 is 16.4 Å². The average molecular weight is 298 g/mol. The Morgan fingerprint density at radius 2 is 2.29 bits per heavy atom. The smallest absolute Gasteiger partial charge is 0.327 e. The van der Waals surface area contributed by atoms with Crippen LogP contribution in [0.2, 0.25) is 0 Å². The molecule has 0 radical (unpaired) electrons. The highest BCUT2D eigenvalue weighted by Crippen LogP contribution is 2.33. The van der Waals surface area contributed by atoms with Crippen LogP contribution in [-0.4, -0.2) is 29.8 Å². The molecule has 0 aromatic heterocycles. The first-order valence-corrected chi connectivity index (χ1v) is 6.95. The molecule has 0 saturated heterocycles. The highest BCUT2D eigenvalue weighted by Gasteiger charge is 2.24. The molecule has 2 rings (SSSR count). The number of halogens is 1. The van der Waals surface area contributed by atoms with E-state index in [1.807, 2.05) is 0 Å². The van der Waals surface area contributed by atoms with Gasteiger partial charge in [0.05, 0.1) is 18.1 Å². The lowest BCUT2D eigenvalue weighted by molar-refractivity contribution is -0.386. The van der Waals surface area contributed by atoms with E-state index in [1.165, 1.54) is 13.2 Å². The van der Waals surface area contributed by atoms with Crippen molar-refractivity contribution in [1.29, 1.82) is 0 Å². The van der Waals surface area contributed by atoms with Gasteiger partial charge in [-0.25, -0.2) is 0 Å². The van der Waals surface area contributed by atoms with Crippen LogP contribution in [0.1, 0.15) is 25.7 Å². The quantitative estimate of drug-likeness (QED) is 0.645. The van der Waals surface area contributed by atoms with E-state index in [1.54, 1.807) is 0 Å². The van der Waals surface area contributed by atoms with Crippen LogP contribution >= 0.6 is 0 Å². The molecule has 1 aromatic carbocycles. The van der Waals surface area contributed by atoms with Crippen molar-refractivity contribution < 1.29 is 19.2 Å². The fourth-order valence-electron chi connectivity index (χ4n) is 2.71. The fourth-order valence-corrected chi connectivity index (χ4v) is 2.71. The van der Waals surface area contributed by atoms with E-state index in [-0.39, 0.29) is 23.5 Å². The molecule has 1 fully saturated rings. The Hall–Kier alpha value is -1.89. The molecule has 0 amide bonds. The van der Waals surface area contributed by atoms with E-state index in [4.69, 9.17) is 4.74 Å². The van der Waals surface area contributed by atoms with E-state index >= 15 is 0 Å². The van der Waals surface area contributed by atoms with Crippen LogP contribution in [0.4, 0.5) is 15.8 Å². The zero-order valence-electron chi connectivity index (χ0n) is 11.8. The summed E-state index contributed by atoms with van der Waals surface area (Å²) in [4.78, 5) is 10.2. The minimum atomic E-state index is -0.925. The average Bonchev–Trinajstić information content (AvgIpc) is 2.44. The topological polar surface area (TPSA) is 84.6 Å². The maximum atomic E-state index is 13.8. The molecule has 2 N–H and O–H groups in total. The van der Waals surface area contributed by atoms with Crippen LogP contribution < -0.4 is 10.1 Å². The maximum absolute atomic E-state index is 13.8. The third-order valence-electron chi connectivity index (χ3n) is 3.79. The lowest BCUT2D eigenvalue weighted by Gasteiger charge is -2.26. The van der Waals surface area contributed by atoms with Crippen molar-refractivity contribution in [2.24, 2.45) is 5.92 Å². The second kappa shape index (κ2) is 6.71. The summed E-state index contributed by atoms with van der Waals surface area (Å²) in [6.45, 7) is 0.463. The molecule has 0 bridgehead atoms. The van der Waals surface area contributed by atoms with Crippen LogP contribution in [0.25, 0.3) is 0 Å². The van der Waals surface area contributed by atoms with Gasteiger partial charge in [-0.3, -0.25) is 10.1 Å². The number of nitrogens with zero attached hydrogens (tertiary/aromatic N) is 1. The van der Waals surface area contributed by atoms with Crippen molar-refractivity contribution in [3.05, 3.63) is 28.1 Å². The molecule has 2 atom stereocenters. The molecule has 6 nitrogen and oxygen atoms in total. The zero-order valence-corrected chi connectivity index (χ0v) is 11.8. The Morgan fingerprint density at radius 1 is 1.52 bits per heavy atom. The van der Waals surface area contributed by atoms with Gasteiger partial charge in [0.25, 0.3) is 0 Å². The van der Waals surface area contributed by atoms with Gasteiger partial charge in [0.1, 0.15) is 11.4 Å². The molecule has 1 aliphatic rings. The maximum Gasteiger partial charge on any atom is 0.327 e. The van der Waals surface area contributed by atoms with Crippen molar-refractivity contribution >= 4 is 11.4 Å². The predicted octanol–water partition coefficient (Wildman–Crippen LogP) is 2.71. The molecule has 1 aliphatic carbocycles. The molecule has 21 heavy (non-hydrogen) atoms. The third kappa shape index (κ3) is 3.81. The monoisotopic (exact) mass is 298 g/mol. The number of anilines is 1. The van der Waals surface area contributed by atoms with Gasteiger partial charge in [0.2, 0.25) is 5.82 Å². The molecular formula is C14H19FN2O4. The summed E-state index contributed by atoms with van der Waals surface area (Å²) in [5, 5.41) is 23.5. The first kappa shape index (κ1) is 15.5. The van der Waals surface area contributed by atoms with Gasteiger partial charge in [0, 0.05) is 18.7 Å². The summed E-state index contributed by atoms with van der Waals surface area (Å²) < 4.78 is 18.7. The van der Waals surface area contributed by atoms with Gasteiger partial charge in [-0.15, -0.1) is 0 Å². The second-order valence-electron chi connectivity index (χ2n) is 5.33. The lowest BCUT2D eigenvalue weighted by Crippen LogP contribution is -2.25.